The molecule has 0 saturated heterocycles. The Hall–Kier alpha value is -1.96. The third kappa shape index (κ3) is 2.90. The first-order valence-electron chi connectivity index (χ1n) is 7.40. The lowest BCUT2D eigenvalue weighted by atomic mass is 10.2. The summed E-state index contributed by atoms with van der Waals surface area (Å²) in [7, 11) is 0. The van der Waals surface area contributed by atoms with Gasteiger partial charge in [-0.05, 0) is 42.7 Å². The number of aromatic amines is 1. The first-order valence-corrected chi connectivity index (χ1v) is 8.68. The number of thiophene rings is 1. The third-order valence-electron chi connectivity index (χ3n) is 3.86. The summed E-state index contributed by atoms with van der Waals surface area (Å²) in [5, 5.41) is 6.47. The summed E-state index contributed by atoms with van der Waals surface area (Å²) in [4.78, 5) is 13.3. The van der Waals surface area contributed by atoms with Crippen LogP contribution in [0, 0.1) is 4.77 Å². The van der Waals surface area contributed by atoms with Gasteiger partial charge in [0, 0.05) is 16.8 Å². The molecule has 124 valence electrons. The predicted octanol–water partition coefficient (Wildman–Crippen LogP) is 4.76. The standard InChI is InChI=1S/C16H15N5S2.ClH/c1-2-21-14-7-12-11(6-13(14)20-16(21)22)15(19-9-18-12)17-8-10-4-3-5-23-10;/h3-7,9H,2,8H2,1H3,(H,20,22)(H,17,18,19);1H. The van der Waals surface area contributed by atoms with E-state index < -0.39 is 0 Å². The SMILES string of the molecule is CCn1c(=S)[nH]c2cc3c(NCc4cccs4)ncnc3cc21.Cl. The van der Waals surface area contributed by atoms with Crippen LogP contribution in [0.25, 0.3) is 21.9 Å². The van der Waals surface area contributed by atoms with Gasteiger partial charge in [0.1, 0.15) is 12.1 Å². The Morgan fingerprint density at radius 3 is 2.96 bits per heavy atom. The highest BCUT2D eigenvalue weighted by molar-refractivity contribution is 7.71. The number of aromatic nitrogens is 4. The van der Waals surface area contributed by atoms with Crippen LogP contribution in [0.1, 0.15) is 11.8 Å². The molecular weight excluding hydrogens is 362 g/mol. The summed E-state index contributed by atoms with van der Waals surface area (Å²) < 4.78 is 2.81. The fourth-order valence-corrected chi connectivity index (χ4v) is 3.73. The van der Waals surface area contributed by atoms with Gasteiger partial charge in [-0.15, -0.1) is 23.7 Å². The summed E-state index contributed by atoms with van der Waals surface area (Å²) in [5.74, 6) is 0.842. The molecule has 0 bridgehead atoms. The number of rotatable bonds is 4. The third-order valence-corrected chi connectivity index (χ3v) is 5.06. The van der Waals surface area contributed by atoms with Crippen molar-refractivity contribution < 1.29 is 0 Å². The van der Waals surface area contributed by atoms with Crippen molar-refractivity contribution in [3.8, 4) is 0 Å². The molecule has 24 heavy (non-hydrogen) atoms. The molecule has 3 heterocycles. The second-order valence-electron chi connectivity index (χ2n) is 5.22. The van der Waals surface area contributed by atoms with E-state index in [1.54, 1.807) is 17.7 Å². The Morgan fingerprint density at radius 2 is 2.21 bits per heavy atom. The van der Waals surface area contributed by atoms with Gasteiger partial charge in [0.2, 0.25) is 0 Å². The van der Waals surface area contributed by atoms with Crippen LogP contribution < -0.4 is 5.32 Å². The van der Waals surface area contributed by atoms with Gasteiger partial charge < -0.3 is 14.9 Å². The molecule has 0 aliphatic carbocycles. The molecule has 0 saturated carbocycles. The predicted molar refractivity (Wildman–Crippen MR) is 105 cm³/mol. The van der Waals surface area contributed by atoms with Gasteiger partial charge in [-0.3, -0.25) is 0 Å². The molecule has 0 aliphatic heterocycles. The highest BCUT2D eigenvalue weighted by Crippen LogP contribution is 2.26. The Kier molecular flexibility index (Phi) is 4.84. The molecular formula is C16H16ClN5S2. The number of halogens is 1. The first kappa shape index (κ1) is 16.9. The van der Waals surface area contributed by atoms with Gasteiger partial charge in [-0.2, -0.15) is 0 Å². The van der Waals surface area contributed by atoms with Gasteiger partial charge in [0.25, 0.3) is 0 Å². The number of fused-ring (bicyclic) bond motifs is 2. The lowest BCUT2D eigenvalue weighted by molar-refractivity contribution is 0.774. The zero-order valence-electron chi connectivity index (χ0n) is 12.9. The van der Waals surface area contributed by atoms with E-state index in [0.717, 1.165) is 45.6 Å². The van der Waals surface area contributed by atoms with Crippen LogP contribution in [0.5, 0.6) is 0 Å². The molecule has 0 atom stereocenters. The topological polar surface area (TPSA) is 58.5 Å². The smallest absolute Gasteiger partial charge is 0.178 e. The van der Waals surface area contributed by atoms with Gasteiger partial charge >= 0.3 is 0 Å². The molecule has 4 rings (SSSR count). The molecule has 0 aliphatic rings. The number of aryl methyl sites for hydroxylation is 1. The van der Waals surface area contributed by atoms with Crippen LogP contribution >= 0.6 is 36.0 Å². The zero-order chi connectivity index (χ0) is 15.8. The second-order valence-corrected chi connectivity index (χ2v) is 6.64. The van der Waals surface area contributed by atoms with Crippen LogP contribution in [0.3, 0.4) is 0 Å². The highest BCUT2D eigenvalue weighted by atomic mass is 35.5. The Labute approximate surface area is 154 Å². The molecule has 0 spiro atoms. The van der Waals surface area contributed by atoms with Gasteiger partial charge in [-0.25, -0.2) is 9.97 Å². The maximum absolute atomic E-state index is 5.39. The lowest BCUT2D eigenvalue weighted by Crippen LogP contribution is -2.01. The quantitative estimate of drug-likeness (QED) is 0.503. The normalized spacial score (nSPS) is 10.9. The van der Waals surface area contributed by atoms with Gasteiger partial charge in [-0.1, -0.05) is 6.07 Å². The Bertz CT molecular complexity index is 1040. The van der Waals surface area contributed by atoms with Crippen molar-refractivity contribution in [1.82, 2.24) is 19.5 Å². The van der Waals surface area contributed by atoms with Crippen LogP contribution in [-0.4, -0.2) is 19.5 Å². The number of nitrogens with zero attached hydrogens (tertiary/aromatic N) is 3. The molecule has 8 heteroatoms. The molecule has 0 unspecified atom stereocenters. The lowest BCUT2D eigenvalue weighted by Gasteiger charge is -2.08. The first-order chi connectivity index (χ1) is 11.3. The van der Waals surface area contributed by atoms with Gasteiger partial charge in [0.15, 0.2) is 4.77 Å². The molecule has 0 radical (unpaired) electrons. The molecule has 4 aromatic rings. The summed E-state index contributed by atoms with van der Waals surface area (Å²) in [5.41, 5.74) is 3.00. The molecule has 1 aromatic carbocycles. The van der Waals surface area contributed by atoms with Crippen LogP contribution in [0.2, 0.25) is 0 Å². The van der Waals surface area contributed by atoms with Crippen molar-refractivity contribution in [2.75, 3.05) is 5.32 Å². The number of H-pyrrole nitrogens is 1. The molecule has 0 amide bonds. The average Bonchev–Trinajstić information content (AvgIpc) is 3.17. The summed E-state index contributed by atoms with van der Waals surface area (Å²) in [6.45, 7) is 3.67. The van der Waals surface area contributed by atoms with E-state index >= 15 is 0 Å². The van der Waals surface area contributed by atoms with E-state index in [4.69, 9.17) is 12.2 Å². The van der Waals surface area contributed by atoms with E-state index in [1.165, 1.54) is 4.88 Å². The number of benzene rings is 1. The number of nitrogens with one attached hydrogen (secondary N) is 2. The van der Waals surface area contributed by atoms with Crippen molar-refractivity contribution in [2.24, 2.45) is 0 Å². The van der Waals surface area contributed by atoms with E-state index in [1.807, 2.05) is 0 Å². The number of imidazole rings is 1. The number of anilines is 1. The molecule has 2 N–H and O–H groups in total. The van der Waals surface area contributed by atoms with Crippen molar-refractivity contribution >= 4 is 63.7 Å². The fourth-order valence-electron chi connectivity index (χ4n) is 2.75. The largest absolute Gasteiger partial charge is 0.365 e. The molecule has 5 nitrogen and oxygen atoms in total. The van der Waals surface area contributed by atoms with E-state index in [-0.39, 0.29) is 12.4 Å². The monoisotopic (exact) mass is 377 g/mol. The highest BCUT2D eigenvalue weighted by Gasteiger charge is 2.09. The maximum Gasteiger partial charge on any atom is 0.178 e. The van der Waals surface area contributed by atoms with Crippen molar-refractivity contribution in [2.45, 2.75) is 20.0 Å². The Morgan fingerprint density at radius 1 is 1.33 bits per heavy atom. The van der Waals surface area contributed by atoms with E-state index in [9.17, 15) is 0 Å². The van der Waals surface area contributed by atoms with Gasteiger partial charge in [0.05, 0.1) is 23.1 Å². The van der Waals surface area contributed by atoms with Crippen molar-refractivity contribution in [3.05, 3.63) is 45.6 Å². The minimum atomic E-state index is 0. The zero-order valence-corrected chi connectivity index (χ0v) is 15.4. The minimum absolute atomic E-state index is 0. The minimum Gasteiger partial charge on any atom is -0.365 e. The maximum atomic E-state index is 5.39. The van der Waals surface area contributed by atoms with Crippen molar-refractivity contribution in [1.29, 1.82) is 0 Å². The molecule has 0 fully saturated rings. The van der Waals surface area contributed by atoms with Crippen LogP contribution in [0.4, 0.5) is 5.82 Å². The van der Waals surface area contributed by atoms with Crippen LogP contribution in [0.15, 0.2) is 36.0 Å². The van der Waals surface area contributed by atoms with Crippen LogP contribution in [-0.2, 0) is 13.1 Å². The number of hydrogen-bond acceptors (Lipinski definition) is 5. The summed E-state index contributed by atoms with van der Waals surface area (Å²) in [6.07, 6.45) is 1.60. The summed E-state index contributed by atoms with van der Waals surface area (Å²) >= 11 is 7.12. The Balaban J connectivity index is 0.00000169. The number of hydrogen-bond donors (Lipinski definition) is 2. The average molecular weight is 378 g/mol. The second kappa shape index (κ2) is 6.88. The fraction of sp³-hybridized carbons (Fsp3) is 0.188. The van der Waals surface area contributed by atoms with E-state index in [2.05, 4.69) is 61.4 Å². The van der Waals surface area contributed by atoms with E-state index in [0.29, 0.717) is 0 Å². The molecule has 3 aromatic heterocycles. The van der Waals surface area contributed by atoms with Crippen molar-refractivity contribution in [3.63, 3.8) is 0 Å². The summed E-state index contributed by atoms with van der Waals surface area (Å²) in [6, 6.07) is 8.30.